The number of hydrogen-bond acceptors (Lipinski definition) is 4. The van der Waals surface area contributed by atoms with E-state index in [-0.39, 0.29) is 6.10 Å². The number of aromatic nitrogens is 1. The van der Waals surface area contributed by atoms with Crippen molar-refractivity contribution in [3.05, 3.63) is 66.5 Å². The van der Waals surface area contributed by atoms with Gasteiger partial charge in [0, 0.05) is 22.9 Å². The Morgan fingerprint density at radius 2 is 1.92 bits per heavy atom. The molecular weight excluding hydrogens is 318 g/mol. The summed E-state index contributed by atoms with van der Waals surface area (Å²) in [6.07, 6.45) is 4.81. The van der Waals surface area contributed by atoms with E-state index in [2.05, 4.69) is 18.0 Å². The van der Waals surface area contributed by atoms with Gasteiger partial charge in [0.2, 0.25) is 0 Å². The van der Waals surface area contributed by atoms with Crippen LogP contribution in [-0.4, -0.2) is 4.98 Å². The molecule has 1 unspecified atom stereocenters. The van der Waals surface area contributed by atoms with E-state index in [1.807, 2.05) is 54.9 Å². The molecule has 0 radical (unpaired) electrons. The maximum absolute atomic E-state index is 6.27. The predicted octanol–water partition coefficient (Wildman–Crippen LogP) is 4.86. The number of ether oxygens (including phenoxy) is 1. The summed E-state index contributed by atoms with van der Waals surface area (Å²) < 4.78 is 6.27. The van der Waals surface area contributed by atoms with Crippen molar-refractivity contribution in [3.63, 3.8) is 0 Å². The van der Waals surface area contributed by atoms with Crippen LogP contribution in [0.25, 0.3) is 0 Å². The van der Waals surface area contributed by atoms with Crippen LogP contribution in [-0.2, 0) is 0 Å². The summed E-state index contributed by atoms with van der Waals surface area (Å²) in [7, 11) is 0. The SMILES string of the molecule is CCC(Oc1ccccc1Sc1ccc(N)c(N)c1)c1cc[nH]c1. The highest BCUT2D eigenvalue weighted by Crippen LogP contribution is 2.38. The van der Waals surface area contributed by atoms with Crippen LogP contribution in [0, 0.1) is 0 Å². The largest absolute Gasteiger partial charge is 0.485 e. The highest BCUT2D eigenvalue weighted by Gasteiger charge is 2.14. The number of H-pyrrole nitrogens is 1. The Morgan fingerprint density at radius 3 is 2.62 bits per heavy atom. The molecular formula is C19H21N3OS. The van der Waals surface area contributed by atoms with Crippen LogP contribution in [0.4, 0.5) is 11.4 Å². The van der Waals surface area contributed by atoms with E-state index in [1.54, 1.807) is 11.8 Å². The first-order valence-electron chi connectivity index (χ1n) is 7.88. The van der Waals surface area contributed by atoms with Crippen molar-refractivity contribution in [2.75, 3.05) is 11.5 Å². The summed E-state index contributed by atoms with van der Waals surface area (Å²) in [5, 5.41) is 0. The quantitative estimate of drug-likeness (QED) is 0.560. The van der Waals surface area contributed by atoms with Crippen LogP contribution in [0.5, 0.6) is 5.75 Å². The van der Waals surface area contributed by atoms with Gasteiger partial charge in [-0.1, -0.05) is 30.8 Å². The lowest BCUT2D eigenvalue weighted by molar-refractivity contribution is 0.196. The van der Waals surface area contributed by atoms with Gasteiger partial charge in [0.1, 0.15) is 11.9 Å². The number of anilines is 2. The highest BCUT2D eigenvalue weighted by molar-refractivity contribution is 7.99. The van der Waals surface area contributed by atoms with Gasteiger partial charge < -0.3 is 21.2 Å². The summed E-state index contributed by atoms with van der Waals surface area (Å²) >= 11 is 1.62. The summed E-state index contributed by atoms with van der Waals surface area (Å²) in [4.78, 5) is 5.17. The van der Waals surface area contributed by atoms with Gasteiger partial charge in [-0.2, -0.15) is 0 Å². The lowest BCUT2D eigenvalue weighted by Crippen LogP contribution is -2.06. The fraction of sp³-hybridized carbons (Fsp3) is 0.158. The number of nitrogens with two attached hydrogens (primary N) is 2. The van der Waals surface area contributed by atoms with Gasteiger partial charge in [-0.3, -0.25) is 0 Å². The Bertz CT molecular complexity index is 802. The zero-order valence-electron chi connectivity index (χ0n) is 13.5. The van der Waals surface area contributed by atoms with E-state index in [0.29, 0.717) is 11.4 Å². The normalized spacial score (nSPS) is 12.0. The second-order valence-electron chi connectivity index (χ2n) is 5.50. The Labute approximate surface area is 146 Å². The maximum atomic E-state index is 6.27. The first-order valence-corrected chi connectivity index (χ1v) is 8.70. The standard InChI is InChI=1S/C19H21N3OS/c1-2-17(13-9-10-22-12-13)23-18-5-3-4-6-19(18)24-14-7-8-15(20)16(21)11-14/h3-12,17,22H,2,20-21H2,1H3. The smallest absolute Gasteiger partial charge is 0.134 e. The summed E-state index contributed by atoms with van der Waals surface area (Å²) in [6.45, 7) is 2.12. The first kappa shape index (κ1) is 16.3. The van der Waals surface area contributed by atoms with E-state index in [9.17, 15) is 0 Å². The van der Waals surface area contributed by atoms with Gasteiger partial charge in [0.25, 0.3) is 0 Å². The number of aromatic amines is 1. The molecule has 0 saturated heterocycles. The molecule has 3 rings (SSSR count). The minimum Gasteiger partial charge on any atom is -0.485 e. The van der Waals surface area contributed by atoms with Crippen molar-refractivity contribution in [2.24, 2.45) is 0 Å². The van der Waals surface area contributed by atoms with Crippen molar-refractivity contribution in [3.8, 4) is 5.75 Å². The van der Waals surface area contributed by atoms with Crippen molar-refractivity contribution in [1.82, 2.24) is 4.98 Å². The minimum atomic E-state index is 0.0227. The molecule has 3 aromatic rings. The van der Waals surface area contributed by atoms with Crippen LogP contribution in [0.2, 0.25) is 0 Å². The lowest BCUT2D eigenvalue weighted by Gasteiger charge is -2.19. The second-order valence-corrected chi connectivity index (χ2v) is 6.61. The molecule has 1 aromatic heterocycles. The van der Waals surface area contributed by atoms with Gasteiger partial charge in [-0.05, 0) is 42.8 Å². The second kappa shape index (κ2) is 7.36. The Morgan fingerprint density at radius 1 is 1.08 bits per heavy atom. The molecule has 0 aliphatic heterocycles. The van der Waals surface area contributed by atoms with Crippen molar-refractivity contribution < 1.29 is 4.74 Å². The molecule has 0 amide bonds. The maximum Gasteiger partial charge on any atom is 0.134 e. The fourth-order valence-electron chi connectivity index (χ4n) is 2.45. The molecule has 24 heavy (non-hydrogen) atoms. The number of nitrogen functional groups attached to an aromatic ring is 2. The fourth-order valence-corrected chi connectivity index (χ4v) is 3.39. The summed E-state index contributed by atoms with van der Waals surface area (Å²) in [5.41, 5.74) is 14.0. The Balaban J connectivity index is 1.83. The molecule has 0 fully saturated rings. The van der Waals surface area contributed by atoms with Crippen LogP contribution in [0.15, 0.2) is 70.7 Å². The third kappa shape index (κ3) is 3.68. The zero-order chi connectivity index (χ0) is 16.9. The molecule has 2 aromatic carbocycles. The monoisotopic (exact) mass is 339 g/mol. The van der Waals surface area contributed by atoms with Crippen molar-refractivity contribution in [1.29, 1.82) is 0 Å². The van der Waals surface area contributed by atoms with Gasteiger partial charge >= 0.3 is 0 Å². The minimum absolute atomic E-state index is 0.0227. The van der Waals surface area contributed by atoms with E-state index >= 15 is 0 Å². The number of rotatable bonds is 6. The Hall–Kier alpha value is -2.53. The molecule has 124 valence electrons. The number of para-hydroxylation sites is 1. The number of nitrogens with one attached hydrogen (secondary N) is 1. The summed E-state index contributed by atoms with van der Waals surface area (Å²) in [6, 6.07) is 15.8. The molecule has 1 heterocycles. The molecule has 0 spiro atoms. The topological polar surface area (TPSA) is 77.1 Å². The highest BCUT2D eigenvalue weighted by atomic mass is 32.2. The van der Waals surface area contributed by atoms with E-state index in [4.69, 9.17) is 16.2 Å². The van der Waals surface area contributed by atoms with E-state index < -0.39 is 0 Å². The predicted molar refractivity (Wildman–Crippen MR) is 100 cm³/mol. The molecule has 0 aliphatic rings. The molecule has 5 N–H and O–H groups in total. The van der Waals surface area contributed by atoms with Crippen LogP contribution < -0.4 is 16.2 Å². The third-order valence-electron chi connectivity index (χ3n) is 3.77. The van der Waals surface area contributed by atoms with E-state index in [1.165, 1.54) is 0 Å². The van der Waals surface area contributed by atoms with Crippen molar-refractivity contribution >= 4 is 23.1 Å². The van der Waals surface area contributed by atoms with Crippen molar-refractivity contribution in [2.45, 2.75) is 29.2 Å². The average Bonchev–Trinajstić information content (AvgIpc) is 3.12. The molecule has 0 bridgehead atoms. The molecule has 0 aliphatic carbocycles. The van der Waals surface area contributed by atoms with Gasteiger partial charge in [0.05, 0.1) is 16.3 Å². The molecule has 0 saturated carbocycles. The lowest BCUT2D eigenvalue weighted by atomic mass is 10.1. The number of hydrogen-bond donors (Lipinski definition) is 3. The van der Waals surface area contributed by atoms with Crippen LogP contribution >= 0.6 is 11.8 Å². The Kier molecular flexibility index (Phi) is 5.01. The van der Waals surface area contributed by atoms with Gasteiger partial charge in [0.15, 0.2) is 0 Å². The van der Waals surface area contributed by atoms with Crippen LogP contribution in [0.1, 0.15) is 25.0 Å². The van der Waals surface area contributed by atoms with Crippen LogP contribution in [0.3, 0.4) is 0 Å². The van der Waals surface area contributed by atoms with Gasteiger partial charge in [-0.25, -0.2) is 0 Å². The third-order valence-corrected chi connectivity index (χ3v) is 4.82. The first-order chi connectivity index (χ1) is 11.7. The molecule has 1 atom stereocenters. The zero-order valence-corrected chi connectivity index (χ0v) is 14.3. The summed E-state index contributed by atoms with van der Waals surface area (Å²) in [5.74, 6) is 0.867. The van der Waals surface area contributed by atoms with E-state index in [0.717, 1.165) is 27.5 Å². The molecule has 5 heteroatoms. The number of benzene rings is 2. The van der Waals surface area contributed by atoms with Gasteiger partial charge in [-0.15, -0.1) is 0 Å². The molecule has 4 nitrogen and oxygen atoms in total. The average molecular weight is 339 g/mol.